The van der Waals surface area contributed by atoms with Crippen molar-refractivity contribution in [2.24, 2.45) is 0 Å². The Balaban J connectivity index is 1.01. The Morgan fingerprint density at radius 3 is 1.82 bits per heavy atom. The van der Waals surface area contributed by atoms with Crippen molar-refractivity contribution in [2.45, 2.75) is 13.0 Å². The van der Waals surface area contributed by atoms with Crippen LogP contribution >= 0.6 is 0 Å². The van der Waals surface area contributed by atoms with Gasteiger partial charge in [-0.25, -0.2) is 0 Å². The lowest BCUT2D eigenvalue weighted by molar-refractivity contribution is 0.225. The van der Waals surface area contributed by atoms with Crippen LogP contribution in [-0.4, -0.2) is 0 Å². The number of furan rings is 1. The molecule has 0 amide bonds. The summed E-state index contributed by atoms with van der Waals surface area (Å²) in [5, 5.41) is 9.39. The number of ether oxygens (including phenoxy) is 1. The van der Waals surface area contributed by atoms with E-state index < -0.39 is 0 Å². The fourth-order valence-corrected chi connectivity index (χ4v) is 10.5. The lowest BCUT2D eigenvalue weighted by Gasteiger charge is -2.34. The van der Waals surface area contributed by atoms with Gasteiger partial charge >= 0.3 is 0 Å². The average Bonchev–Trinajstić information content (AvgIpc) is 3.76. The summed E-state index contributed by atoms with van der Waals surface area (Å²) in [5.74, 6) is 0.869. The van der Waals surface area contributed by atoms with Gasteiger partial charge in [0.1, 0.15) is 23.0 Å². The minimum absolute atomic E-state index is 0.120. The largest absolute Gasteiger partial charge is 0.485 e. The fraction of sp³-hybridized carbons (Fsp3) is 0.0323. The molecule has 0 fully saturated rings. The molecule has 3 nitrogen and oxygen atoms in total. The number of anilines is 3. The monoisotopic (exact) mass is 831 g/mol. The maximum absolute atomic E-state index is 6.98. The smallest absolute Gasteiger partial charge is 0.143 e. The Bertz CT molecular complexity index is 3840. The van der Waals surface area contributed by atoms with Gasteiger partial charge in [0.15, 0.2) is 0 Å². The minimum Gasteiger partial charge on any atom is -0.485 e. The number of fused-ring (bicyclic) bond motifs is 11. The molecule has 0 saturated carbocycles. The van der Waals surface area contributed by atoms with Crippen molar-refractivity contribution < 1.29 is 9.15 Å². The van der Waals surface area contributed by atoms with E-state index in [0.29, 0.717) is 0 Å². The summed E-state index contributed by atoms with van der Waals surface area (Å²) in [6, 6.07) is 80.9. The van der Waals surface area contributed by atoms with Crippen LogP contribution in [0.5, 0.6) is 5.75 Å². The standard InChI is InChI=1S/C62H41NO2/c1-39-59-49-21-6-3-15-42(49)33-37-55(59)60-57(28-13-29-58(60)64-39)63(46-34-30-40(31-35-46)44-18-10-19-45(38-44)48-24-11-17-41-14-2-5-20-47(41)48)56-27-9-8-23-51(56)52-25-12-26-53-54-36-32-43-16-4-7-22-50(43)61(54)65-62(52)53/h2-39H,1H3/t39-/m0/s1. The zero-order chi connectivity index (χ0) is 43.0. The Labute approximate surface area is 377 Å². The topological polar surface area (TPSA) is 25.6 Å². The van der Waals surface area contributed by atoms with Gasteiger partial charge in [0, 0.05) is 44.1 Å². The first-order valence-corrected chi connectivity index (χ1v) is 22.4. The van der Waals surface area contributed by atoms with Crippen LogP contribution in [0.2, 0.25) is 0 Å². The summed E-state index contributed by atoms with van der Waals surface area (Å²) >= 11 is 0. The maximum Gasteiger partial charge on any atom is 0.143 e. The Kier molecular flexibility index (Phi) is 8.50. The van der Waals surface area contributed by atoms with Crippen molar-refractivity contribution in [3.05, 3.63) is 230 Å². The molecule has 0 bridgehead atoms. The maximum atomic E-state index is 6.98. The molecule has 3 heteroatoms. The molecule has 0 aliphatic carbocycles. The second kappa shape index (κ2) is 14.9. The molecular formula is C62H41NO2. The van der Waals surface area contributed by atoms with Crippen LogP contribution in [0.25, 0.3) is 98.8 Å². The third-order valence-corrected chi connectivity index (χ3v) is 13.4. The number of para-hydroxylation sites is 2. The normalized spacial score (nSPS) is 13.3. The zero-order valence-electron chi connectivity index (χ0n) is 35.7. The number of benzene rings is 11. The molecule has 0 saturated heterocycles. The van der Waals surface area contributed by atoms with Gasteiger partial charge in [-0.05, 0) is 104 Å². The van der Waals surface area contributed by atoms with Crippen LogP contribution in [0.1, 0.15) is 18.6 Å². The first-order valence-electron chi connectivity index (χ1n) is 22.4. The van der Waals surface area contributed by atoms with Crippen molar-refractivity contribution in [3.63, 3.8) is 0 Å². The van der Waals surface area contributed by atoms with E-state index in [1.807, 2.05) is 0 Å². The number of hydrogen-bond acceptors (Lipinski definition) is 3. The van der Waals surface area contributed by atoms with Gasteiger partial charge in [-0.2, -0.15) is 0 Å². The van der Waals surface area contributed by atoms with Crippen LogP contribution in [0.15, 0.2) is 229 Å². The third-order valence-electron chi connectivity index (χ3n) is 13.4. The molecule has 12 aromatic rings. The highest BCUT2D eigenvalue weighted by Crippen LogP contribution is 2.53. The SMILES string of the molecule is C[C@@H]1Oc2cccc(N(c3ccc(-c4cccc(-c5cccc6ccccc56)c4)cc3)c3ccccc3-c3cccc4c3oc3c5ccccc5ccc43)c2-c2ccc3ccccc3c21. The zero-order valence-corrected chi connectivity index (χ0v) is 35.7. The molecule has 13 rings (SSSR count). The quantitative estimate of drug-likeness (QED) is 0.167. The number of nitrogens with zero attached hydrogens (tertiary/aromatic N) is 1. The van der Waals surface area contributed by atoms with E-state index in [-0.39, 0.29) is 6.10 Å². The number of rotatable bonds is 6. The van der Waals surface area contributed by atoms with Crippen molar-refractivity contribution in [3.8, 4) is 50.3 Å². The molecule has 0 spiro atoms. The molecule has 306 valence electrons. The van der Waals surface area contributed by atoms with E-state index in [1.54, 1.807) is 0 Å². The summed E-state index contributed by atoms with van der Waals surface area (Å²) in [6.07, 6.45) is -0.120. The fourth-order valence-electron chi connectivity index (χ4n) is 10.5. The predicted molar refractivity (Wildman–Crippen MR) is 272 cm³/mol. The average molecular weight is 832 g/mol. The van der Waals surface area contributed by atoms with E-state index in [0.717, 1.165) is 77.8 Å². The minimum atomic E-state index is -0.120. The molecule has 0 N–H and O–H groups in total. The van der Waals surface area contributed by atoms with Crippen LogP contribution in [0, 0.1) is 0 Å². The van der Waals surface area contributed by atoms with Gasteiger partial charge in [0.05, 0.1) is 11.4 Å². The van der Waals surface area contributed by atoms with Crippen LogP contribution in [-0.2, 0) is 0 Å². The molecule has 1 atom stereocenters. The molecule has 1 aliphatic rings. The molecular weight excluding hydrogens is 791 g/mol. The first-order chi connectivity index (χ1) is 32.2. The summed E-state index contributed by atoms with van der Waals surface area (Å²) in [7, 11) is 0. The molecule has 1 aromatic heterocycles. The van der Waals surface area contributed by atoms with E-state index >= 15 is 0 Å². The highest BCUT2D eigenvalue weighted by atomic mass is 16.5. The molecule has 2 heterocycles. The molecule has 11 aromatic carbocycles. The van der Waals surface area contributed by atoms with Gasteiger partial charge in [-0.15, -0.1) is 0 Å². The summed E-state index contributed by atoms with van der Waals surface area (Å²) in [5.41, 5.74) is 15.2. The van der Waals surface area contributed by atoms with Gasteiger partial charge in [-0.1, -0.05) is 182 Å². The van der Waals surface area contributed by atoms with Gasteiger partial charge in [-0.3, -0.25) is 0 Å². The van der Waals surface area contributed by atoms with E-state index in [4.69, 9.17) is 9.15 Å². The van der Waals surface area contributed by atoms with Gasteiger partial charge < -0.3 is 14.1 Å². The van der Waals surface area contributed by atoms with Crippen LogP contribution in [0.3, 0.4) is 0 Å². The predicted octanol–water partition coefficient (Wildman–Crippen LogP) is 17.6. The molecule has 0 unspecified atom stereocenters. The van der Waals surface area contributed by atoms with Gasteiger partial charge in [0.25, 0.3) is 0 Å². The van der Waals surface area contributed by atoms with Crippen molar-refractivity contribution >= 4 is 71.3 Å². The van der Waals surface area contributed by atoms with E-state index in [1.165, 1.54) is 49.4 Å². The lowest BCUT2D eigenvalue weighted by Crippen LogP contribution is -2.17. The number of hydrogen-bond donors (Lipinski definition) is 0. The van der Waals surface area contributed by atoms with E-state index in [2.05, 4.69) is 236 Å². The Hall–Kier alpha value is -8.40. The van der Waals surface area contributed by atoms with Crippen molar-refractivity contribution in [2.75, 3.05) is 4.90 Å². The van der Waals surface area contributed by atoms with Crippen LogP contribution in [0.4, 0.5) is 17.1 Å². The molecule has 65 heavy (non-hydrogen) atoms. The summed E-state index contributed by atoms with van der Waals surface area (Å²) < 4.78 is 13.9. The third kappa shape index (κ3) is 5.97. The highest BCUT2D eigenvalue weighted by Gasteiger charge is 2.31. The summed E-state index contributed by atoms with van der Waals surface area (Å²) in [6.45, 7) is 2.17. The van der Waals surface area contributed by atoms with E-state index in [9.17, 15) is 0 Å². The molecule has 1 aliphatic heterocycles. The highest BCUT2D eigenvalue weighted by molar-refractivity contribution is 6.18. The van der Waals surface area contributed by atoms with Crippen LogP contribution < -0.4 is 9.64 Å². The molecule has 0 radical (unpaired) electrons. The lowest BCUT2D eigenvalue weighted by atomic mass is 9.87. The second-order valence-electron chi connectivity index (χ2n) is 17.1. The first kappa shape index (κ1) is 37.2. The van der Waals surface area contributed by atoms with Crippen molar-refractivity contribution in [1.82, 2.24) is 0 Å². The van der Waals surface area contributed by atoms with Crippen molar-refractivity contribution in [1.29, 1.82) is 0 Å². The Morgan fingerprint density at radius 1 is 0.369 bits per heavy atom. The Morgan fingerprint density at radius 2 is 0.954 bits per heavy atom. The second-order valence-corrected chi connectivity index (χ2v) is 17.1. The van der Waals surface area contributed by atoms with Gasteiger partial charge in [0.2, 0.25) is 0 Å². The summed E-state index contributed by atoms with van der Waals surface area (Å²) in [4.78, 5) is 2.42.